The molecule has 84 valence electrons. The van der Waals surface area contributed by atoms with Crippen molar-refractivity contribution in [3.8, 4) is 0 Å². The lowest BCUT2D eigenvalue weighted by Gasteiger charge is -2.24. The van der Waals surface area contributed by atoms with E-state index >= 15 is 0 Å². The van der Waals surface area contributed by atoms with Crippen molar-refractivity contribution in [1.82, 2.24) is 0 Å². The molecule has 4 heteroatoms. The van der Waals surface area contributed by atoms with Gasteiger partial charge in [0.2, 0.25) is 5.13 Å². The largest absolute Gasteiger partial charge is 0.224 e. The van der Waals surface area contributed by atoms with Crippen molar-refractivity contribution in [3.63, 3.8) is 0 Å². The number of alkyl halides is 2. The van der Waals surface area contributed by atoms with Crippen LogP contribution in [0.15, 0.2) is 46.5 Å². The summed E-state index contributed by atoms with van der Waals surface area (Å²) in [5.41, 5.74) is 1.64. The Labute approximate surface area is 108 Å². The van der Waals surface area contributed by atoms with E-state index in [9.17, 15) is 4.39 Å². The Morgan fingerprint density at radius 3 is 2.31 bits per heavy atom. The predicted molar refractivity (Wildman–Crippen MR) is 67.5 cm³/mol. The summed E-state index contributed by atoms with van der Waals surface area (Å²) in [6, 6.07) is 9.39. The molecule has 0 nitrogen and oxygen atoms in total. The van der Waals surface area contributed by atoms with E-state index in [1.54, 1.807) is 6.08 Å². The summed E-state index contributed by atoms with van der Waals surface area (Å²) in [5, 5.41) is -2.08. The molecule has 1 aromatic rings. The molecule has 0 radical (unpaired) electrons. The highest BCUT2D eigenvalue weighted by atomic mass is 35.5. The van der Waals surface area contributed by atoms with Gasteiger partial charge in [-0.25, -0.2) is 4.39 Å². The molecule has 0 fully saturated rings. The van der Waals surface area contributed by atoms with E-state index < -0.39 is 5.13 Å². The molecule has 1 aromatic carbocycles. The fourth-order valence-electron chi connectivity index (χ4n) is 1.60. The van der Waals surface area contributed by atoms with Crippen molar-refractivity contribution < 1.29 is 4.39 Å². The minimum atomic E-state index is -2.10. The molecule has 0 heterocycles. The van der Waals surface area contributed by atoms with Crippen LogP contribution in [0, 0.1) is 0 Å². The van der Waals surface area contributed by atoms with Gasteiger partial charge in [-0.1, -0.05) is 65.1 Å². The summed E-state index contributed by atoms with van der Waals surface area (Å²) in [7, 11) is 0. The molecule has 0 aromatic heterocycles. The lowest BCUT2D eigenvalue weighted by Crippen LogP contribution is -2.19. The number of halogens is 4. The van der Waals surface area contributed by atoms with Gasteiger partial charge in [0.05, 0.1) is 10.1 Å². The molecule has 1 atom stereocenters. The fraction of sp³-hybridized carbons (Fsp3) is 0.167. The average Bonchev–Trinajstić information content (AvgIpc) is 2.26. The van der Waals surface area contributed by atoms with E-state index in [1.165, 1.54) is 0 Å². The van der Waals surface area contributed by atoms with Crippen molar-refractivity contribution in [2.24, 2.45) is 0 Å². The maximum Gasteiger partial charge on any atom is 0.224 e. The average molecular weight is 278 g/mol. The smallest absolute Gasteiger partial charge is 0.220 e. The number of rotatable bonds is 1. The third kappa shape index (κ3) is 2.27. The van der Waals surface area contributed by atoms with Crippen LogP contribution in [0.1, 0.15) is 12.0 Å². The van der Waals surface area contributed by atoms with Gasteiger partial charge in [-0.15, -0.1) is 0 Å². The molecule has 0 saturated heterocycles. The van der Waals surface area contributed by atoms with Crippen molar-refractivity contribution >= 4 is 40.4 Å². The summed E-state index contributed by atoms with van der Waals surface area (Å²) in [4.78, 5) is 0. The minimum Gasteiger partial charge on any atom is -0.220 e. The van der Waals surface area contributed by atoms with Crippen LogP contribution in [0.2, 0.25) is 0 Å². The molecular weight excluding hydrogens is 269 g/mol. The molecule has 0 N–H and O–H groups in total. The van der Waals surface area contributed by atoms with Gasteiger partial charge in [0.15, 0.2) is 0 Å². The number of benzene rings is 1. The van der Waals surface area contributed by atoms with Crippen LogP contribution < -0.4 is 0 Å². The van der Waals surface area contributed by atoms with Crippen molar-refractivity contribution in [2.45, 2.75) is 11.5 Å². The minimum absolute atomic E-state index is 0.0215. The first-order chi connectivity index (χ1) is 7.50. The first-order valence-electron chi connectivity index (χ1n) is 4.70. The molecule has 1 unspecified atom stereocenters. The number of allylic oxidation sites excluding steroid dienone is 4. The zero-order valence-corrected chi connectivity index (χ0v) is 10.5. The summed E-state index contributed by atoms with van der Waals surface area (Å²) < 4.78 is 13.9. The van der Waals surface area contributed by atoms with E-state index in [-0.39, 0.29) is 16.5 Å². The van der Waals surface area contributed by atoms with Crippen LogP contribution in [-0.2, 0) is 0 Å². The second-order valence-electron chi connectivity index (χ2n) is 3.58. The Bertz CT molecular complexity index is 460. The van der Waals surface area contributed by atoms with Gasteiger partial charge in [0.25, 0.3) is 0 Å². The van der Waals surface area contributed by atoms with Crippen molar-refractivity contribution in [1.29, 1.82) is 0 Å². The van der Waals surface area contributed by atoms with Gasteiger partial charge in [0, 0.05) is 6.42 Å². The predicted octanol–water partition coefficient (Wildman–Crippen LogP) is 5.07. The van der Waals surface area contributed by atoms with Gasteiger partial charge in [0.1, 0.15) is 0 Å². The molecule has 0 amide bonds. The highest BCUT2D eigenvalue weighted by Gasteiger charge is 2.36. The Morgan fingerprint density at radius 2 is 1.75 bits per heavy atom. The Kier molecular flexibility index (Phi) is 3.29. The standard InChI is InChI=1S/C12H8Cl3F/c13-10-6-9(7-12(15,16)11(10)14)8-4-2-1-3-5-8/h1-6H,7H2. The zero-order valence-electron chi connectivity index (χ0n) is 8.18. The van der Waals surface area contributed by atoms with Gasteiger partial charge in [-0.3, -0.25) is 0 Å². The first kappa shape index (κ1) is 12.0. The summed E-state index contributed by atoms with van der Waals surface area (Å²) >= 11 is 17.2. The van der Waals surface area contributed by atoms with Crippen LogP contribution in [0.5, 0.6) is 0 Å². The van der Waals surface area contributed by atoms with Crippen LogP contribution in [0.25, 0.3) is 5.57 Å². The van der Waals surface area contributed by atoms with Crippen LogP contribution in [0.3, 0.4) is 0 Å². The topological polar surface area (TPSA) is 0 Å². The number of hydrogen-bond acceptors (Lipinski definition) is 0. The fourth-order valence-corrected chi connectivity index (χ4v) is 2.29. The molecule has 1 aliphatic carbocycles. The Balaban J connectivity index is 2.44. The Hall–Kier alpha value is -0.500. The molecule has 0 saturated carbocycles. The molecule has 2 rings (SSSR count). The second kappa shape index (κ2) is 4.40. The highest BCUT2D eigenvalue weighted by Crippen LogP contribution is 2.45. The SMILES string of the molecule is FC1(Cl)CC(c2ccccc2)=CC(Cl)=C1Cl. The van der Waals surface area contributed by atoms with E-state index in [0.29, 0.717) is 0 Å². The quantitative estimate of drug-likeness (QED) is 0.629. The molecule has 0 aliphatic heterocycles. The molecule has 0 spiro atoms. The van der Waals surface area contributed by atoms with Crippen LogP contribution in [-0.4, -0.2) is 5.13 Å². The molecule has 16 heavy (non-hydrogen) atoms. The van der Waals surface area contributed by atoms with Gasteiger partial charge < -0.3 is 0 Å². The van der Waals surface area contributed by atoms with Crippen LogP contribution in [0.4, 0.5) is 4.39 Å². The van der Waals surface area contributed by atoms with Crippen molar-refractivity contribution in [2.75, 3.05) is 0 Å². The summed E-state index contributed by atoms with van der Waals surface area (Å²) in [6.45, 7) is 0. The van der Waals surface area contributed by atoms with Crippen LogP contribution >= 0.6 is 34.8 Å². The lowest BCUT2D eigenvalue weighted by molar-refractivity contribution is 0.344. The molecule has 0 bridgehead atoms. The van der Waals surface area contributed by atoms with Gasteiger partial charge in [-0.2, -0.15) is 0 Å². The van der Waals surface area contributed by atoms with E-state index in [2.05, 4.69) is 0 Å². The summed E-state index contributed by atoms with van der Waals surface area (Å²) in [6.07, 6.45) is 1.67. The van der Waals surface area contributed by atoms with E-state index in [4.69, 9.17) is 34.8 Å². The monoisotopic (exact) mass is 276 g/mol. The third-order valence-electron chi connectivity index (χ3n) is 2.39. The normalized spacial score (nSPS) is 25.6. The second-order valence-corrected chi connectivity index (χ2v) is 4.96. The first-order valence-corrected chi connectivity index (χ1v) is 5.83. The maximum atomic E-state index is 13.9. The third-order valence-corrected chi connectivity index (χ3v) is 3.71. The highest BCUT2D eigenvalue weighted by molar-refractivity contribution is 6.46. The lowest BCUT2D eigenvalue weighted by atomic mass is 9.96. The Morgan fingerprint density at radius 1 is 1.12 bits per heavy atom. The van der Waals surface area contributed by atoms with E-state index in [1.807, 2.05) is 30.3 Å². The van der Waals surface area contributed by atoms with Gasteiger partial charge >= 0.3 is 0 Å². The van der Waals surface area contributed by atoms with E-state index in [0.717, 1.165) is 11.1 Å². The van der Waals surface area contributed by atoms with Crippen molar-refractivity contribution in [3.05, 3.63) is 52.0 Å². The molecular formula is C12H8Cl3F. The van der Waals surface area contributed by atoms with Gasteiger partial charge in [-0.05, 0) is 17.2 Å². The number of hydrogen-bond donors (Lipinski definition) is 0. The summed E-state index contributed by atoms with van der Waals surface area (Å²) in [5.74, 6) is 0. The maximum absolute atomic E-state index is 13.9. The zero-order chi connectivity index (χ0) is 11.8. The molecule has 1 aliphatic rings.